The molecule has 4 nitrogen and oxygen atoms in total. The molecule has 1 aliphatic carbocycles. The molecule has 0 saturated heterocycles. The lowest BCUT2D eigenvalue weighted by atomic mass is 9.95. The number of hydrogen-bond donors (Lipinski definition) is 1. The van der Waals surface area contributed by atoms with Crippen LogP contribution in [0, 0.1) is 11.7 Å². The second-order valence-corrected chi connectivity index (χ2v) is 5.18. The van der Waals surface area contributed by atoms with Crippen LogP contribution in [0.3, 0.4) is 0 Å². The van der Waals surface area contributed by atoms with Gasteiger partial charge in [-0.05, 0) is 36.3 Å². The highest BCUT2D eigenvalue weighted by Crippen LogP contribution is 2.22. The summed E-state index contributed by atoms with van der Waals surface area (Å²) in [4.78, 5) is 11.0. The van der Waals surface area contributed by atoms with Crippen molar-refractivity contribution in [2.24, 2.45) is 11.0 Å². The summed E-state index contributed by atoms with van der Waals surface area (Å²) < 4.78 is 12.8. The normalized spacial score (nSPS) is 20.0. The summed E-state index contributed by atoms with van der Waals surface area (Å²) in [5, 5.41) is 15.4. The van der Waals surface area contributed by atoms with Gasteiger partial charge < -0.3 is 5.11 Å². The minimum absolute atomic E-state index is 0.0503. The molecule has 5 heteroatoms. The lowest BCUT2D eigenvalue weighted by Gasteiger charge is -2.15. The van der Waals surface area contributed by atoms with Gasteiger partial charge in [0.15, 0.2) is 0 Å². The van der Waals surface area contributed by atoms with Crippen molar-refractivity contribution in [3.63, 3.8) is 0 Å². The second-order valence-electron chi connectivity index (χ2n) is 5.18. The van der Waals surface area contributed by atoms with Crippen LogP contribution in [0.1, 0.15) is 5.56 Å². The lowest BCUT2D eigenvalue weighted by Crippen LogP contribution is -2.22. The van der Waals surface area contributed by atoms with Crippen LogP contribution in [-0.2, 0) is 11.2 Å². The number of hydrazone groups is 1. The molecule has 1 N–H and O–H groups in total. The van der Waals surface area contributed by atoms with Crippen molar-refractivity contribution in [2.45, 2.75) is 6.42 Å². The van der Waals surface area contributed by atoms with E-state index in [1.165, 1.54) is 12.1 Å². The average molecular weight is 286 g/mol. The maximum Gasteiger partial charge on any atom is 0.335 e. The number of aliphatic carboxylic acids is 1. The summed E-state index contributed by atoms with van der Waals surface area (Å²) >= 11 is 0. The predicted octanol–water partition coefficient (Wildman–Crippen LogP) is 2.24. The molecule has 108 valence electrons. The molecule has 1 atom stereocenters. The van der Waals surface area contributed by atoms with Gasteiger partial charge in [-0.3, -0.25) is 5.01 Å². The zero-order valence-corrected chi connectivity index (χ0v) is 11.4. The molecule has 1 unspecified atom stereocenters. The molecule has 3 rings (SSSR count). The number of benzene rings is 1. The van der Waals surface area contributed by atoms with E-state index in [1.807, 2.05) is 5.01 Å². The van der Waals surface area contributed by atoms with E-state index in [0.29, 0.717) is 12.1 Å². The Hall–Kier alpha value is -2.43. The summed E-state index contributed by atoms with van der Waals surface area (Å²) in [6.07, 6.45) is 5.88. The third-order valence-corrected chi connectivity index (χ3v) is 3.68. The highest BCUT2D eigenvalue weighted by molar-refractivity contribution is 6.04. The Morgan fingerprint density at radius 1 is 1.33 bits per heavy atom. The van der Waals surface area contributed by atoms with Gasteiger partial charge in [0.05, 0.1) is 11.3 Å². The Morgan fingerprint density at radius 3 is 2.81 bits per heavy atom. The molecule has 0 saturated carbocycles. The second kappa shape index (κ2) is 5.52. The van der Waals surface area contributed by atoms with Crippen molar-refractivity contribution in [3.8, 4) is 0 Å². The van der Waals surface area contributed by atoms with Crippen LogP contribution in [0.5, 0.6) is 0 Å². The highest BCUT2D eigenvalue weighted by Gasteiger charge is 2.26. The van der Waals surface area contributed by atoms with Gasteiger partial charge in [0.1, 0.15) is 5.82 Å². The molecule has 0 bridgehead atoms. The number of fused-ring (bicyclic) bond motifs is 1. The average Bonchev–Trinajstić information content (AvgIpc) is 2.88. The predicted molar refractivity (Wildman–Crippen MR) is 77.5 cm³/mol. The Labute approximate surface area is 121 Å². The van der Waals surface area contributed by atoms with Crippen LogP contribution in [0.2, 0.25) is 0 Å². The number of carboxylic acids is 1. The standard InChI is InChI=1S/C16H15FN2O2/c17-14-4-1-11(2-5-14)7-8-19-10-13-9-12(16(20)21)3-6-15(13)18-19/h1-6,9,13H,7-8,10H2,(H,20,21). The smallest absolute Gasteiger partial charge is 0.335 e. The fraction of sp³-hybridized carbons (Fsp3) is 0.250. The molecule has 0 radical (unpaired) electrons. The Bertz CT molecular complexity index is 647. The van der Waals surface area contributed by atoms with Crippen LogP contribution in [-0.4, -0.2) is 34.9 Å². The van der Waals surface area contributed by atoms with E-state index in [2.05, 4.69) is 5.10 Å². The van der Waals surface area contributed by atoms with Gasteiger partial charge in [0.2, 0.25) is 0 Å². The van der Waals surface area contributed by atoms with Crippen molar-refractivity contribution in [1.29, 1.82) is 0 Å². The van der Waals surface area contributed by atoms with Gasteiger partial charge in [0.25, 0.3) is 0 Å². The molecule has 0 amide bonds. The molecule has 21 heavy (non-hydrogen) atoms. The molecule has 1 heterocycles. The summed E-state index contributed by atoms with van der Waals surface area (Å²) in [6.45, 7) is 1.42. The van der Waals surface area contributed by atoms with E-state index in [4.69, 9.17) is 5.11 Å². The molecule has 1 aromatic carbocycles. The zero-order chi connectivity index (χ0) is 14.8. The van der Waals surface area contributed by atoms with Crippen LogP contribution in [0.25, 0.3) is 0 Å². The van der Waals surface area contributed by atoms with Crippen molar-refractivity contribution >= 4 is 11.7 Å². The molecular formula is C16H15FN2O2. The van der Waals surface area contributed by atoms with Crippen LogP contribution in [0.4, 0.5) is 4.39 Å². The topological polar surface area (TPSA) is 52.9 Å². The number of halogens is 1. The fourth-order valence-electron chi connectivity index (χ4n) is 2.53. The van der Waals surface area contributed by atoms with Crippen LogP contribution in [0.15, 0.2) is 53.2 Å². The first-order chi connectivity index (χ1) is 10.1. The van der Waals surface area contributed by atoms with E-state index in [0.717, 1.165) is 24.2 Å². The third-order valence-electron chi connectivity index (χ3n) is 3.68. The molecule has 1 aliphatic heterocycles. The van der Waals surface area contributed by atoms with Crippen molar-refractivity contribution in [2.75, 3.05) is 13.1 Å². The minimum Gasteiger partial charge on any atom is -0.478 e. The maximum atomic E-state index is 12.8. The third kappa shape index (κ3) is 3.02. The zero-order valence-electron chi connectivity index (χ0n) is 11.4. The van der Waals surface area contributed by atoms with E-state index >= 15 is 0 Å². The largest absolute Gasteiger partial charge is 0.478 e. The number of rotatable bonds is 4. The van der Waals surface area contributed by atoms with E-state index in [9.17, 15) is 9.18 Å². The van der Waals surface area contributed by atoms with Gasteiger partial charge in [-0.15, -0.1) is 0 Å². The quantitative estimate of drug-likeness (QED) is 0.923. The van der Waals surface area contributed by atoms with Gasteiger partial charge in [-0.1, -0.05) is 18.2 Å². The van der Waals surface area contributed by atoms with Gasteiger partial charge in [-0.25, -0.2) is 9.18 Å². The molecule has 1 aromatic rings. The fourth-order valence-corrected chi connectivity index (χ4v) is 2.53. The summed E-state index contributed by atoms with van der Waals surface area (Å²) in [6, 6.07) is 6.45. The summed E-state index contributed by atoms with van der Waals surface area (Å²) in [5.41, 5.74) is 2.28. The molecule has 2 aliphatic rings. The Morgan fingerprint density at radius 2 is 2.10 bits per heavy atom. The SMILES string of the molecule is O=C(O)C1=CC2CN(CCc3ccc(F)cc3)N=C2C=C1. The van der Waals surface area contributed by atoms with Crippen molar-refractivity contribution < 1.29 is 14.3 Å². The van der Waals surface area contributed by atoms with E-state index in [-0.39, 0.29) is 11.7 Å². The first-order valence-electron chi connectivity index (χ1n) is 6.83. The first kappa shape index (κ1) is 13.5. The van der Waals surface area contributed by atoms with Crippen LogP contribution >= 0.6 is 0 Å². The number of nitrogens with zero attached hydrogens (tertiary/aromatic N) is 2. The maximum absolute atomic E-state index is 12.8. The first-order valence-corrected chi connectivity index (χ1v) is 6.83. The minimum atomic E-state index is -0.907. The van der Waals surface area contributed by atoms with Crippen LogP contribution < -0.4 is 0 Å². The van der Waals surface area contributed by atoms with Gasteiger partial charge in [0, 0.05) is 19.0 Å². The molecule has 0 spiro atoms. The van der Waals surface area contributed by atoms with Gasteiger partial charge >= 0.3 is 5.97 Å². The van der Waals surface area contributed by atoms with Crippen molar-refractivity contribution in [3.05, 3.63) is 59.4 Å². The number of hydrogen-bond acceptors (Lipinski definition) is 3. The highest BCUT2D eigenvalue weighted by atomic mass is 19.1. The van der Waals surface area contributed by atoms with E-state index in [1.54, 1.807) is 30.4 Å². The number of allylic oxidation sites excluding steroid dienone is 1. The monoisotopic (exact) mass is 286 g/mol. The van der Waals surface area contributed by atoms with E-state index < -0.39 is 5.97 Å². The Kier molecular flexibility index (Phi) is 3.56. The molecular weight excluding hydrogens is 271 g/mol. The summed E-state index contributed by atoms with van der Waals surface area (Å²) in [5.74, 6) is -1.09. The lowest BCUT2D eigenvalue weighted by molar-refractivity contribution is -0.132. The Balaban J connectivity index is 1.61. The number of carbonyl (C=O) groups is 1. The molecule has 0 aromatic heterocycles. The summed E-state index contributed by atoms with van der Waals surface area (Å²) in [7, 11) is 0. The molecule has 0 fully saturated rings. The number of carboxylic acid groups (broad SMARTS) is 1. The van der Waals surface area contributed by atoms with Crippen molar-refractivity contribution in [1.82, 2.24) is 5.01 Å². The van der Waals surface area contributed by atoms with Gasteiger partial charge in [-0.2, -0.15) is 5.10 Å².